The SMILES string of the molecule is COc1ccc(CCNC(=O)c2ccc(Cl)c(S(=O)(=O)NC3CCCc4ccccc43)c2)cc1OC. The van der Waals surface area contributed by atoms with Crippen molar-refractivity contribution in [2.75, 3.05) is 20.8 Å². The van der Waals surface area contributed by atoms with Crippen molar-refractivity contribution in [2.45, 2.75) is 36.6 Å². The van der Waals surface area contributed by atoms with E-state index in [0.29, 0.717) is 30.9 Å². The van der Waals surface area contributed by atoms with E-state index in [-0.39, 0.29) is 27.4 Å². The number of aryl methyl sites for hydroxylation is 1. The number of hydrogen-bond acceptors (Lipinski definition) is 5. The Bertz CT molecular complexity index is 1360. The minimum atomic E-state index is -3.95. The molecular weight excluding hydrogens is 500 g/mol. The summed E-state index contributed by atoms with van der Waals surface area (Å²) in [6.07, 6.45) is 3.08. The Morgan fingerprint density at radius 3 is 2.58 bits per heavy atom. The van der Waals surface area contributed by atoms with Gasteiger partial charge in [0.1, 0.15) is 4.90 Å². The maximum atomic E-state index is 13.3. The molecule has 3 aromatic rings. The number of amides is 1. The van der Waals surface area contributed by atoms with E-state index in [9.17, 15) is 13.2 Å². The van der Waals surface area contributed by atoms with Gasteiger partial charge in [0.15, 0.2) is 11.5 Å². The number of hydrogen-bond donors (Lipinski definition) is 2. The molecule has 0 bridgehead atoms. The maximum absolute atomic E-state index is 13.3. The van der Waals surface area contributed by atoms with Crippen LogP contribution in [-0.4, -0.2) is 35.1 Å². The fraction of sp³-hybridized carbons (Fsp3) is 0.296. The molecule has 3 aromatic carbocycles. The van der Waals surface area contributed by atoms with E-state index in [1.807, 2.05) is 42.5 Å². The van der Waals surface area contributed by atoms with E-state index in [1.165, 1.54) is 18.2 Å². The first kappa shape index (κ1) is 26.0. The van der Waals surface area contributed by atoms with Gasteiger partial charge in [0, 0.05) is 18.2 Å². The summed E-state index contributed by atoms with van der Waals surface area (Å²) in [5, 5.41) is 2.90. The third-order valence-electron chi connectivity index (χ3n) is 6.30. The van der Waals surface area contributed by atoms with Crippen LogP contribution < -0.4 is 19.5 Å². The zero-order valence-corrected chi connectivity index (χ0v) is 21.8. The first-order valence-electron chi connectivity index (χ1n) is 11.7. The quantitative estimate of drug-likeness (QED) is 0.420. The van der Waals surface area contributed by atoms with Crippen molar-refractivity contribution in [3.05, 3.63) is 87.9 Å². The van der Waals surface area contributed by atoms with E-state index in [2.05, 4.69) is 10.0 Å². The minimum Gasteiger partial charge on any atom is -0.493 e. The number of rotatable bonds is 9. The molecule has 4 rings (SSSR count). The number of halogens is 1. The number of fused-ring (bicyclic) bond motifs is 1. The number of benzene rings is 3. The third kappa shape index (κ3) is 5.83. The largest absolute Gasteiger partial charge is 0.493 e. The summed E-state index contributed by atoms with van der Waals surface area (Å²) in [7, 11) is -0.817. The van der Waals surface area contributed by atoms with Crippen LogP contribution in [0.1, 0.15) is 45.9 Å². The Morgan fingerprint density at radius 1 is 1.03 bits per heavy atom. The van der Waals surface area contributed by atoms with E-state index >= 15 is 0 Å². The molecular formula is C27H29ClN2O5S. The number of sulfonamides is 1. The second-order valence-corrected chi connectivity index (χ2v) is 10.7. The molecule has 36 heavy (non-hydrogen) atoms. The molecule has 0 aliphatic heterocycles. The van der Waals surface area contributed by atoms with Crippen molar-refractivity contribution in [1.29, 1.82) is 0 Å². The Kier molecular flexibility index (Phi) is 8.18. The Hall–Kier alpha value is -3.07. The van der Waals surface area contributed by atoms with Gasteiger partial charge in [-0.2, -0.15) is 0 Å². The minimum absolute atomic E-state index is 0.0634. The van der Waals surface area contributed by atoms with Crippen LogP contribution in [-0.2, 0) is 22.9 Å². The van der Waals surface area contributed by atoms with Crippen LogP contribution in [0.3, 0.4) is 0 Å². The molecule has 0 saturated carbocycles. The van der Waals surface area contributed by atoms with Gasteiger partial charge in [-0.15, -0.1) is 0 Å². The zero-order chi connectivity index (χ0) is 25.7. The molecule has 1 aliphatic carbocycles. The van der Waals surface area contributed by atoms with E-state index in [4.69, 9.17) is 21.1 Å². The summed E-state index contributed by atoms with van der Waals surface area (Å²) in [6.45, 7) is 0.357. The molecule has 0 fully saturated rings. The molecule has 2 N–H and O–H groups in total. The summed E-state index contributed by atoms with van der Waals surface area (Å²) in [5.74, 6) is 0.860. The van der Waals surface area contributed by atoms with Crippen molar-refractivity contribution < 1.29 is 22.7 Å². The van der Waals surface area contributed by atoms with Gasteiger partial charge >= 0.3 is 0 Å². The molecule has 0 aromatic heterocycles. The third-order valence-corrected chi connectivity index (χ3v) is 8.25. The Balaban J connectivity index is 1.45. The highest BCUT2D eigenvalue weighted by Crippen LogP contribution is 2.32. The highest BCUT2D eigenvalue weighted by molar-refractivity contribution is 7.89. The number of carbonyl (C=O) groups is 1. The molecule has 190 valence electrons. The maximum Gasteiger partial charge on any atom is 0.251 e. The van der Waals surface area contributed by atoms with Crippen LogP contribution in [0.4, 0.5) is 0 Å². The van der Waals surface area contributed by atoms with Crippen molar-refractivity contribution in [2.24, 2.45) is 0 Å². The van der Waals surface area contributed by atoms with Gasteiger partial charge in [0.2, 0.25) is 10.0 Å². The normalized spacial score (nSPS) is 15.1. The predicted octanol–water partition coefficient (Wildman–Crippen LogP) is 4.69. The lowest BCUT2D eigenvalue weighted by Gasteiger charge is -2.26. The molecule has 0 radical (unpaired) electrons. The molecule has 1 amide bonds. The van der Waals surface area contributed by atoms with E-state index in [1.54, 1.807) is 14.2 Å². The average molecular weight is 529 g/mol. The molecule has 1 unspecified atom stereocenters. The summed E-state index contributed by atoms with van der Waals surface area (Å²) in [5.41, 5.74) is 3.30. The van der Waals surface area contributed by atoms with Crippen LogP contribution in [0, 0.1) is 0 Å². The van der Waals surface area contributed by atoms with Crippen LogP contribution in [0.25, 0.3) is 0 Å². The van der Waals surface area contributed by atoms with Gasteiger partial charge < -0.3 is 14.8 Å². The molecule has 1 atom stereocenters. The van der Waals surface area contributed by atoms with Crippen molar-refractivity contribution >= 4 is 27.5 Å². The Morgan fingerprint density at radius 2 is 1.81 bits per heavy atom. The summed E-state index contributed by atoms with van der Waals surface area (Å²) >= 11 is 6.27. The van der Waals surface area contributed by atoms with Crippen LogP contribution >= 0.6 is 11.6 Å². The molecule has 0 heterocycles. The molecule has 9 heteroatoms. The fourth-order valence-electron chi connectivity index (χ4n) is 4.44. The number of nitrogens with one attached hydrogen (secondary N) is 2. The van der Waals surface area contributed by atoms with Crippen molar-refractivity contribution in [3.8, 4) is 11.5 Å². The number of methoxy groups -OCH3 is 2. The summed E-state index contributed by atoms with van der Waals surface area (Å²) in [6, 6.07) is 17.3. The van der Waals surface area contributed by atoms with E-state index in [0.717, 1.165) is 29.5 Å². The molecule has 7 nitrogen and oxygen atoms in total. The molecule has 1 aliphatic rings. The predicted molar refractivity (Wildman–Crippen MR) is 139 cm³/mol. The van der Waals surface area contributed by atoms with Crippen molar-refractivity contribution in [3.63, 3.8) is 0 Å². The fourth-order valence-corrected chi connectivity index (χ4v) is 6.21. The van der Waals surface area contributed by atoms with Gasteiger partial charge in [0.25, 0.3) is 5.91 Å². The van der Waals surface area contributed by atoms with Crippen LogP contribution in [0.15, 0.2) is 65.6 Å². The van der Waals surface area contributed by atoms with Gasteiger partial charge in [-0.25, -0.2) is 13.1 Å². The highest BCUT2D eigenvalue weighted by atomic mass is 35.5. The molecule has 0 saturated heterocycles. The Labute approximate surface area is 216 Å². The zero-order valence-electron chi connectivity index (χ0n) is 20.2. The standard InChI is InChI=1S/C27H29ClN2O5S/c1-34-24-13-10-18(16-25(24)35-2)14-15-29-27(31)20-11-12-22(28)26(17-20)36(32,33)30-23-9-5-7-19-6-3-4-8-21(19)23/h3-4,6,8,10-13,16-17,23,30H,5,7,9,14-15H2,1-2H3,(H,29,31). The average Bonchev–Trinajstić information content (AvgIpc) is 2.88. The first-order valence-corrected chi connectivity index (χ1v) is 13.6. The highest BCUT2D eigenvalue weighted by Gasteiger charge is 2.27. The van der Waals surface area contributed by atoms with Crippen LogP contribution in [0.2, 0.25) is 5.02 Å². The van der Waals surface area contributed by atoms with Crippen molar-refractivity contribution in [1.82, 2.24) is 10.0 Å². The second kappa shape index (κ2) is 11.3. The first-order chi connectivity index (χ1) is 17.3. The van der Waals surface area contributed by atoms with Gasteiger partial charge in [0.05, 0.1) is 19.2 Å². The number of ether oxygens (including phenoxy) is 2. The smallest absolute Gasteiger partial charge is 0.251 e. The molecule has 0 spiro atoms. The second-order valence-electron chi connectivity index (χ2n) is 8.61. The lowest BCUT2D eigenvalue weighted by atomic mass is 9.88. The van der Waals surface area contributed by atoms with Gasteiger partial charge in [-0.1, -0.05) is 41.9 Å². The van der Waals surface area contributed by atoms with Gasteiger partial charge in [-0.05, 0) is 72.7 Å². The summed E-state index contributed by atoms with van der Waals surface area (Å²) in [4.78, 5) is 12.7. The van der Waals surface area contributed by atoms with Gasteiger partial charge in [-0.3, -0.25) is 4.79 Å². The number of carbonyl (C=O) groups excluding carboxylic acids is 1. The lowest BCUT2D eigenvalue weighted by molar-refractivity contribution is 0.0954. The monoisotopic (exact) mass is 528 g/mol. The summed E-state index contributed by atoms with van der Waals surface area (Å²) < 4.78 is 39.9. The lowest BCUT2D eigenvalue weighted by Crippen LogP contribution is -2.31. The van der Waals surface area contributed by atoms with Crippen LogP contribution in [0.5, 0.6) is 11.5 Å². The topological polar surface area (TPSA) is 93.7 Å². The van der Waals surface area contributed by atoms with E-state index < -0.39 is 10.0 Å².